The van der Waals surface area contributed by atoms with E-state index < -0.39 is 12.0 Å². The van der Waals surface area contributed by atoms with Crippen LogP contribution in [0.2, 0.25) is 0 Å². The van der Waals surface area contributed by atoms with Gasteiger partial charge in [-0.1, -0.05) is 13.8 Å². The van der Waals surface area contributed by atoms with Crippen molar-refractivity contribution in [3.8, 4) is 0 Å². The molecule has 0 bridgehead atoms. The van der Waals surface area contributed by atoms with Gasteiger partial charge in [-0.2, -0.15) is 13.2 Å². The Bertz CT molecular complexity index is 404. The minimum Gasteiger partial charge on any atom is -0.384 e. The molecule has 1 rings (SSSR count). The van der Waals surface area contributed by atoms with E-state index in [4.69, 9.17) is 5.73 Å². The number of halogens is 3. The predicted molar refractivity (Wildman–Crippen MR) is 64.2 cm³/mol. The van der Waals surface area contributed by atoms with E-state index in [0.717, 1.165) is 6.42 Å². The molecule has 0 unspecified atom stereocenters. The Labute approximate surface area is 104 Å². The van der Waals surface area contributed by atoms with Crippen LogP contribution >= 0.6 is 0 Å². The summed E-state index contributed by atoms with van der Waals surface area (Å²) >= 11 is 0. The quantitative estimate of drug-likeness (QED) is 0.906. The molecule has 102 valence electrons. The van der Waals surface area contributed by atoms with Crippen LogP contribution in [-0.4, -0.2) is 23.6 Å². The summed E-state index contributed by atoms with van der Waals surface area (Å²) in [5, 5.41) is 0. The molecule has 0 aliphatic heterocycles. The molecule has 0 atom stereocenters. The molecule has 1 heterocycles. The first-order valence-electron chi connectivity index (χ1n) is 5.63. The van der Waals surface area contributed by atoms with E-state index in [1.165, 1.54) is 6.07 Å². The molecule has 0 radical (unpaired) electrons. The standard InChI is InChI=1S/C11H17F3N4/c1-7(2)4-5-18(3)9-6-8(15)16-10(17-9)11(12,13)14/h6-7H,4-5H2,1-3H3,(H2,15,16,17). The summed E-state index contributed by atoms with van der Waals surface area (Å²) in [7, 11) is 1.68. The first-order valence-corrected chi connectivity index (χ1v) is 5.63. The fourth-order valence-electron chi connectivity index (χ4n) is 1.34. The zero-order valence-electron chi connectivity index (χ0n) is 10.6. The van der Waals surface area contributed by atoms with E-state index in [1.807, 2.05) is 13.8 Å². The number of rotatable bonds is 4. The van der Waals surface area contributed by atoms with Crippen LogP contribution in [0.4, 0.5) is 24.8 Å². The maximum atomic E-state index is 12.5. The van der Waals surface area contributed by atoms with Crippen molar-refractivity contribution >= 4 is 11.6 Å². The summed E-state index contributed by atoms with van der Waals surface area (Å²) in [5.74, 6) is -0.721. The van der Waals surface area contributed by atoms with Gasteiger partial charge in [-0.3, -0.25) is 0 Å². The Balaban J connectivity index is 2.92. The predicted octanol–water partition coefficient (Wildman–Crippen LogP) is 2.56. The van der Waals surface area contributed by atoms with Crippen molar-refractivity contribution in [3.05, 3.63) is 11.9 Å². The van der Waals surface area contributed by atoms with Crippen LogP contribution in [0.1, 0.15) is 26.1 Å². The molecule has 18 heavy (non-hydrogen) atoms. The number of nitrogens with zero attached hydrogens (tertiary/aromatic N) is 3. The highest BCUT2D eigenvalue weighted by Crippen LogP contribution is 2.28. The van der Waals surface area contributed by atoms with E-state index >= 15 is 0 Å². The minimum absolute atomic E-state index is 0.177. The van der Waals surface area contributed by atoms with Gasteiger partial charge < -0.3 is 10.6 Å². The second-order valence-corrected chi connectivity index (χ2v) is 4.58. The number of nitrogen functional groups attached to an aromatic ring is 1. The van der Waals surface area contributed by atoms with Crippen LogP contribution < -0.4 is 10.6 Å². The molecule has 1 aromatic rings. The molecule has 0 aromatic carbocycles. The van der Waals surface area contributed by atoms with Crippen LogP contribution in [0.5, 0.6) is 0 Å². The maximum absolute atomic E-state index is 12.5. The zero-order chi connectivity index (χ0) is 13.9. The third kappa shape index (κ3) is 4.05. The molecule has 0 aliphatic carbocycles. The first-order chi connectivity index (χ1) is 8.20. The lowest BCUT2D eigenvalue weighted by molar-refractivity contribution is -0.144. The molecule has 2 N–H and O–H groups in total. The lowest BCUT2D eigenvalue weighted by atomic mass is 10.1. The third-order valence-electron chi connectivity index (χ3n) is 2.42. The number of anilines is 2. The van der Waals surface area contributed by atoms with Gasteiger partial charge in [0.05, 0.1) is 0 Å². The smallest absolute Gasteiger partial charge is 0.384 e. The van der Waals surface area contributed by atoms with E-state index in [-0.39, 0.29) is 11.6 Å². The summed E-state index contributed by atoms with van der Waals surface area (Å²) in [6, 6.07) is 1.34. The second kappa shape index (κ2) is 5.41. The summed E-state index contributed by atoms with van der Waals surface area (Å²) in [4.78, 5) is 8.34. The number of aromatic nitrogens is 2. The largest absolute Gasteiger partial charge is 0.451 e. The monoisotopic (exact) mass is 262 g/mol. The number of alkyl halides is 3. The SMILES string of the molecule is CC(C)CCN(C)c1cc(N)nc(C(F)(F)F)n1. The normalized spacial score (nSPS) is 11.9. The Morgan fingerprint density at radius 2 is 1.94 bits per heavy atom. The number of nitrogens with two attached hydrogens (primary N) is 1. The van der Waals surface area contributed by atoms with Gasteiger partial charge in [0.15, 0.2) is 0 Å². The molecule has 1 aromatic heterocycles. The van der Waals surface area contributed by atoms with Gasteiger partial charge in [0.1, 0.15) is 11.6 Å². The van der Waals surface area contributed by atoms with Gasteiger partial charge in [-0.25, -0.2) is 9.97 Å². The summed E-state index contributed by atoms with van der Waals surface area (Å²) in [6.07, 6.45) is -3.72. The summed E-state index contributed by atoms with van der Waals surface area (Å²) in [5.41, 5.74) is 5.37. The van der Waals surface area contributed by atoms with Crippen LogP contribution in [-0.2, 0) is 6.18 Å². The van der Waals surface area contributed by atoms with Crippen LogP contribution in [0.15, 0.2) is 6.07 Å². The average molecular weight is 262 g/mol. The first kappa shape index (κ1) is 14.5. The van der Waals surface area contributed by atoms with Crippen molar-refractivity contribution in [2.75, 3.05) is 24.2 Å². The average Bonchev–Trinajstić information content (AvgIpc) is 2.23. The summed E-state index contributed by atoms with van der Waals surface area (Å²) < 4.78 is 37.6. The topological polar surface area (TPSA) is 55.0 Å². The Morgan fingerprint density at radius 1 is 1.33 bits per heavy atom. The molecule has 0 saturated heterocycles. The van der Waals surface area contributed by atoms with Crippen molar-refractivity contribution in [3.63, 3.8) is 0 Å². The molecular formula is C11H17F3N4. The van der Waals surface area contributed by atoms with Crippen molar-refractivity contribution in [1.29, 1.82) is 0 Å². The lowest BCUT2D eigenvalue weighted by Gasteiger charge is -2.20. The fourth-order valence-corrected chi connectivity index (χ4v) is 1.34. The van der Waals surface area contributed by atoms with Crippen molar-refractivity contribution < 1.29 is 13.2 Å². The van der Waals surface area contributed by atoms with E-state index in [1.54, 1.807) is 11.9 Å². The molecular weight excluding hydrogens is 245 g/mol. The van der Waals surface area contributed by atoms with Crippen LogP contribution in [0, 0.1) is 5.92 Å². The Morgan fingerprint density at radius 3 is 2.44 bits per heavy atom. The van der Waals surface area contributed by atoms with Crippen LogP contribution in [0.25, 0.3) is 0 Å². The highest BCUT2D eigenvalue weighted by Gasteiger charge is 2.35. The van der Waals surface area contributed by atoms with Crippen molar-refractivity contribution in [2.24, 2.45) is 5.92 Å². The van der Waals surface area contributed by atoms with Crippen molar-refractivity contribution in [1.82, 2.24) is 9.97 Å². The van der Waals surface area contributed by atoms with Crippen molar-refractivity contribution in [2.45, 2.75) is 26.4 Å². The molecule has 0 spiro atoms. The molecule has 0 aliphatic rings. The van der Waals surface area contributed by atoms with Gasteiger partial charge in [-0.05, 0) is 12.3 Å². The molecule has 7 heteroatoms. The maximum Gasteiger partial charge on any atom is 0.451 e. The minimum atomic E-state index is -4.58. The molecule has 0 fully saturated rings. The van der Waals surface area contributed by atoms with Crippen LogP contribution in [0.3, 0.4) is 0 Å². The molecule has 0 saturated carbocycles. The zero-order valence-corrected chi connectivity index (χ0v) is 10.6. The number of hydrogen-bond acceptors (Lipinski definition) is 4. The van der Waals surface area contributed by atoms with Gasteiger partial charge in [-0.15, -0.1) is 0 Å². The van der Waals surface area contributed by atoms with E-state index in [9.17, 15) is 13.2 Å². The molecule has 4 nitrogen and oxygen atoms in total. The fraction of sp³-hybridized carbons (Fsp3) is 0.636. The van der Waals surface area contributed by atoms with Gasteiger partial charge in [0.25, 0.3) is 0 Å². The third-order valence-corrected chi connectivity index (χ3v) is 2.42. The lowest BCUT2D eigenvalue weighted by Crippen LogP contribution is -2.23. The van der Waals surface area contributed by atoms with Gasteiger partial charge >= 0.3 is 6.18 Å². The Hall–Kier alpha value is -1.53. The van der Waals surface area contributed by atoms with E-state index in [0.29, 0.717) is 12.5 Å². The molecule has 0 amide bonds. The summed E-state index contributed by atoms with van der Waals surface area (Å²) in [6.45, 7) is 4.71. The van der Waals surface area contributed by atoms with E-state index in [2.05, 4.69) is 9.97 Å². The highest BCUT2D eigenvalue weighted by molar-refractivity contribution is 5.46. The Kier molecular flexibility index (Phi) is 4.37. The number of hydrogen-bond donors (Lipinski definition) is 1. The second-order valence-electron chi connectivity index (χ2n) is 4.58. The highest BCUT2D eigenvalue weighted by atomic mass is 19.4. The van der Waals surface area contributed by atoms with Gasteiger partial charge in [0, 0.05) is 19.7 Å². The van der Waals surface area contributed by atoms with Gasteiger partial charge in [0.2, 0.25) is 5.82 Å².